The highest BCUT2D eigenvalue weighted by Crippen LogP contribution is 2.47. The van der Waals surface area contributed by atoms with Crippen LogP contribution in [0, 0.1) is 0 Å². The van der Waals surface area contributed by atoms with Gasteiger partial charge in [-0.3, -0.25) is 23.7 Å². The van der Waals surface area contributed by atoms with Gasteiger partial charge >= 0.3 is 5.97 Å². The Kier molecular flexibility index (Phi) is 8.10. The van der Waals surface area contributed by atoms with E-state index in [9.17, 15) is 19.3 Å². The molecule has 5 atom stereocenters. The molecule has 13 nitrogen and oxygen atoms in total. The number of fused-ring (bicyclic) bond motifs is 1. The number of aliphatic hydroxyl groups is 1. The molecule has 14 heteroatoms. The molecule has 5 N–H and O–H groups in total. The summed E-state index contributed by atoms with van der Waals surface area (Å²) in [6, 6.07) is 8.17. The van der Waals surface area contributed by atoms with Gasteiger partial charge in [0, 0.05) is 6.42 Å². The second kappa shape index (κ2) is 11.1. The van der Waals surface area contributed by atoms with Gasteiger partial charge in [0.15, 0.2) is 11.2 Å². The average Bonchev–Trinajstić information content (AvgIpc) is 3.41. The number of aromatic amines is 1. The third-order valence-electron chi connectivity index (χ3n) is 5.74. The number of nitrogen functional groups attached to an aromatic ring is 1. The minimum Gasteiger partial charge on any atom is -0.462 e. The highest BCUT2D eigenvalue weighted by Gasteiger charge is 2.38. The molecule has 4 rings (SSSR count). The normalized spacial score (nSPS) is 22.2. The summed E-state index contributed by atoms with van der Waals surface area (Å²) in [7, 11) is -3.64. The van der Waals surface area contributed by atoms with Crippen LogP contribution in [0.3, 0.4) is 0 Å². The number of carbonyl (C=O) groups is 1. The zero-order valence-electron chi connectivity index (χ0n) is 20.7. The smallest absolute Gasteiger partial charge is 0.323 e. The highest BCUT2D eigenvalue weighted by molar-refractivity contribution is 7.56. The molecule has 0 spiro atoms. The summed E-state index contributed by atoms with van der Waals surface area (Å²) in [5.74, 6) is -0.631. The van der Waals surface area contributed by atoms with E-state index < -0.39 is 43.5 Å². The summed E-state index contributed by atoms with van der Waals surface area (Å²) in [5.41, 5.74) is 6.22. The summed E-state index contributed by atoms with van der Waals surface area (Å²) < 4.78 is 32.4. The van der Waals surface area contributed by atoms with Gasteiger partial charge < -0.3 is 24.8 Å². The molecular weight excluding hydrogens is 503 g/mol. The zero-order chi connectivity index (χ0) is 26.7. The number of benzene rings is 1. The molecule has 1 aromatic carbocycles. The Morgan fingerprint density at radius 1 is 1.35 bits per heavy atom. The maximum atomic E-state index is 13.9. The van der Waals surface area contributed by atoms with E-state index in [1.165, 1.54) is 10.9 Å². The lowest BCUT2D eigenvalue weighted by atomic mass is 10.2. The summed E-state index contributed by atoms with van der Waals surface area (Å²) in [6.07, 6.45) is -1.29. The Hall–Kier alpha value is -3.09. The number of anilines is 1. The van der Waals surface area contributed by atoms with Crippen molar-refractivity contribution in [1.82, 2.24) is 24.6 Å². The summed E-state index contributed by atoms with van der Waals surface area (Å²) >= 11 is 0. The van der Waals surface area contributed by atoms with Crippen LogP contribution in [-0.4, -0.2) is 61.6 Å². The maximum Gasteiger partial charge on any atom is 0.323 e. The third kappa shape index (κ3) is 6.43. The minimum atomic E-state index is -3.64. The van der Waals surface area contributed by atoms with Crippen LogP contribution in [-0.2, 0) is 29.5 Å². The molecule has 1 saturated heterocycles. The first-order valence-corrected chi connectivity index (χ1v) is 13.7. The summed E-state index contributed by atoms with van der Waals surface area (Å²) in [5, 5.41) is 13.5. The summed E-state index contributed by atoms with van der Waals surface area (Å²) in [6.45, 7) is 4.78. The zero-order valence-corrected chi connectivity index (χ0v) is 21.6. The molecule has 0 aliphatic carbocycles. The topological polar surface area (TPSA) is 184 Å². The third-order valence-corrected chi connectivity index (χ3v) is 7.87. The molecule has 0 saturated carbocycles. The molecule has 200 valence electrons. The van der Waals surface area contributed by atoms with Crippen LogP contribution in [0.2, 0.25) is 0 Å². The number of nitrogens with zero attached hydrogens (tertiary/aromatic N) is 3. The average molecular weight is 535 g/mol. The Morgan fingerprint density at radius 2 is 2.08 bits per heavy atom. The molecule has 1 aliphatic rings. The molecule has 37 heavy (non-hydrogen) atoms. The van der Waals surface area contributed by atoms with E-state index in [1.807, 2.05) is 18.2 Å². The van der Waals surface area contributed by atoms with Crippen molar-refractivity contribution in [2.45, 2.75) is 63.9 Å². The fourth-order valence-electron chi connectivity index (χ4n) is 4.02. The number of hydrogen-bond donors (Lipinski definition) is 4. The van der Waals surface area contributed by atoms with Crippen molar-refractivity contribution in [2.24, 2.45) is 0 Å². The van der Waals surface area contributed by atoms with Crippen LogP contribution in [0.25, 0.3) is 11.2 Å². The number of esters is 1. The number of imidazole rings is 1. The SMILES string of the molecule is CC(C)OC(=O)C(C)NP(=O)(Cc1ccccc1)OCC1OC(n2cnc3c(=O)[nH]c(N)nc32)CC1O. The molecule has 0 radical (unpaired) electrons. The number of aliphatic hydroxyl groups excluding tert-OH is 1. The van der Waals surface area contributed by atoms with Crippen molar-refractivity contribution in [2.75, 3.05) is 12.3 Å². The van der Waals surface area contributed by atoms with Crippen molar-refractivity contribution >= 4 is 30.6 Å². The van der Waals surface area contributed by atoms with Crippen LogP contribution in [0.4, 0.5) is 5.95 Å². The van der Waals surface area contributed by atoms with Gasteiger partial charge in [0.1, 0.15) is 18.4 Å². The molecule has 3 aromatic rings. The fraction of sp³-hybridized carbons (Fsp3) is 0.478. The van der Waals surface area contributed by atoms with Crippen molar-refractivity contribution < 1.29 is 28.5 Å². The number of aromatic nitrogens is 4. The van der Waals surface area contributed by atoms with Gasteiger partial charge in [-0.05, 0) is 26.3 Å². The Morgan fingerprint density at radius 3 is 2.78 bits per heavy atom. The number of ether oxygens (including phenoxy) is 2. The molecule has 5 unspecified atom stereocenters. The van der Waals surface area contributed by atoms with Crippen LogP contribution >= 0.6 is 7.52 Å². The lowest BCUT2D eigenvalue weighted by Gasteiger charge is -2.25. The molecule has 0 bridgehead atoms. The number of H-pyrrole nitrogens is 1. The van der Waals surface area contributed by atoms with E-state index in [-0.39, 0.29) is 42.4 Å². The molecular formula is C23H31N6O7P. The van der Waals surface area contributed by atoms with Gasteiger partial charge in [0.25, 0.3) is 13.1 Å². The number of nitrogens with one attached hydrogen (secondary N) is 2. The van der Waals surface area contributed by atoms with Crippen LogP contribution < -0.4 is 16.4 Å². The van der Waals surface area contributed by atoms with Crippen LogP contribution in [0.15, 0.2) is 41.5 Å². The van der Waals surface area contributed by atoms with Gasteiger partial charge in [0.05, 0.1) is 31.3 Å². The number of nitrogens with two attached hydrogens (primary N) is 1. The summed E-state index contributed by atoms with van der Waals surface area (Å²) in [4.78, 5) is 35.0. The molecule has 3 heterocycles. The van der Waals surface area contributed by atoms with E-state index >= 15 is 0 Å². The first kappa shape index (κ1) is 27.0. The lowest BCUT2D eigenvalue weighted by Crippen LogP contribution is -2.36. The van der Waals surface area contributed by atoms with E-state index in [0.29, 0.717) is 0 Å². The standard InChI is InChI=1S/C23H31N6O7P/c1-13(2)35-22(32)14(3)28-37(33,11-15-7-5-4-6-8-15)34-10-17-16(30)9-18(36-17)29-12-25-19-20(29)26-23(24)27-21(19)31/h4-8,12-14,16-18,30H,9-11H2,1-3H3,(H,28,33)(H3,24,26,27,31). The van der Waals surface area contributed by atoms with Crippen LogP contribution in [0.5, 0.6) is 0 Å². The largest absolute Gasteiger partial charge is 0.462 e. The van der Waals surface area contributed by atoms with Gasteiger partial charge in [0.2, 0.25) is 5.95 Å². The highest BCUT2D eigenvalue weighted by atomic mass is 31.2. The van der Waals surface area contributed by atoms with Gasteiger partial charge in [-0.2, -0.15) is 4.98 Å². The molecule has 1 fully saturated rings. The van der Waals surface area contributed by atoms with Crippen LogP contribution in [0.1, 0.15) is 39.0 Å². The Bertz CT molecular complexity index is 1340. The van der Waals surface area contributed by atoms with E-state index in [0.717, 1.165) is 5.56 Å². The number of rotatable bonds is 10. The van der Waals surface area contributed by atoms with E-state index in [2.05, 4.69) is 20.0 Å². The Balaban J connectivity index is 1.48. The number of hydrogen-bond acceptors (Lipinski definition) is 10. The van der Waals surface area contributed by atoms with Crippen molar-refractivity contribution in [3.8, 4) is 0 Å². The van der Waals surface area contributed by atoms with Crippen molar-refractivity contribution in [3.63, 3.8) is 0 Å². The predicted molar refractivity (Wildman–Crippen MR) is 135 cm³/mol. The molecule has 1 aliphatic heterocycles. The van der Waals surface area contributed by atoms with Gasteiger partial charge in [-0.15, -0.1) is 0 Å². The van der Waals surface area contributed by atoms with Gasteiger partial charge in [-0.25, -0.2) is 10.1 Å². The van der Waals surface area contributed by atoms with E-state index in [4.69, 9.17) is 19.7 Å². The minimum absolute atomic E-state index is 0.0114. The second-order valence-electron chi connectivity index (χ2n) is 9.16. The van der Waals surface area contributed by atoms with Crippen molar-refractivity contribution in [3.05, 3.63) is 52.6 Å². The van der Waals surface area contributed by atoms with Crippen molar-refractivity contribution in [1.29, 1.82) is 0 Å². The molecule has 0 amide bonds. The monoisotopic (exact) mass is 534 g/mol. The van der Waals surface area contributed by atoms with Gasteiger partial charge in [-0.1, -0.05) is 30.3 Å². The predicted octanol–water partition coefficient (Wildman–Crippen LogP) is 1.69. The second-order valence-corrected chi connectivity index (χ2v) is 11.3. The molecule has 2 aromatic heterocycles. The van der Waals surface area contributed by atoms with E-state index in [1.54, 1.807) is 32.9 Å². The first-order chi connectivity index (χ1) is 17.5. The lowest BCUT2D eigenvalue weighted by molar-refractivity contribution is -0.149. The fourth-order valence-corrected chi connectivity index (χ4v) is 6.05. The Labute approximate surface area is 212 Å². The first-order valence-electron chi connectivity index (χ1n) is 11.9. The number of carbonyl (C=O) groups excluding carboxylic acids is 1. The quantitative estimate of drug-likeness (QED) is 0.219. The maximum absolute atomic E-state index is 13.9.